The summed E-state index contributed by atoms with van der Waals surface area (Å²) in [6, 6.07) is 3.31. The largest absolute Gasteiger partial charge is 0.390 e. The first-order valence-electron chi connectivity index (χ1n) is 10.5. The summed E-state index contributed by atoms with van der Waals surface area (Å²) < 4.78 is 28.2. The summed E-state index contributed by atoms with van der Waals surface area (Å²) in [5.41, 5.74) is -2.67. The lowest BCUT2D eigenvalue weighted by Crippen LogP contribution is -2.56. The first kappa shape index (κ1) is 22.6. The molecule has 170 valence electrons. The number of nitro groups is 1. The molecular formula is C21H27ClN2O6S. The highest BCUT2D eigenvalue weighted by molar-refractivity contribution is 7.89. The minimum atomic E-state index is -4.34. The maximum Gasteiger partial charge on any atom is 0.290 e. The quantitative estimate of drug-likeness (QED) is 0.464. The molecule has 4 aliphatic carbocycles. The highest BCUT2D eigenvalue weighted by Crippen LogP contribution is 2.59. The topological polar surface area (TPSA) is 127 Å². The first-order chi connectivity index (χ1) is 14.3. The predicted molar refractivity (Wildman–Crippen MR) is 114 cm³/mol. The predicted octanol–water partition coefficient (Wildman–Crippen LogP) is 3.45. The van der Waals surface area contributed by atoms with Gasteiger partial charge in [-0.1, -0.05) is 11.6 Å². The molecule has 0 radical (unpaired) electrons. The minimum absolute atomic E-state index is 0.0459. The van der Waals surface area contributed by atoms with Crippen LogP contribution in [-0.2, 0) is 14.8 Å². The van der Waals surface area contributed by atoms with Crippen molar-refractivity contribution in [2.75, 3.05) is 0 Å². The Bertz CT molecular complexity index is 1020. The van der Waals surface area contributed by atoms with E-state index in [4.69, 9.17) is 11.6 Å². The van der Waals surface area contributed by atoms with Crippen molar-refractivity contribution < 1.29 is 23.2 Å². The highest BCUT2D eigenvalue weighted by atomic mass is 35.5. The first-order valence-corrected chi connectivity index (χ1v) is 12.4. The van der Waals surface area contributed by atoms with E-state index in [-0.39, 0.29) is 35.0 Å². The Morgan fingerprint density at radius 2 is 1.90 bits per heavy atom. The zero-order valence-electron chi connectivity index (χ0n) is 17.5. The average Bonchev–Trinajstić information content (AvgIpc) is 2.61. The molecule has 0 saturated heterocycles. The number of nitrogens with zero attached hydrogens (tertiary/aromatic N) is 1. The van der Waals surface area contributed by atoms with Gasteiger partial charge in [0.15, 0.2) is 10.7 Å². The number of benzene rings is 1. The van der Waals surface area contributed by atoms with Gasteiger partial charge in [-0.15, -0.1) is 0 Å². The fourth-order valence-electron chi connectivity index (χ4n) is 6.20. The number of Topliss-reactive ketones (excluding diaryl/α,β-unsaturated/α-hetero) is 1. The van der Waals surface area contributed by atoms with Crippen molar-refractivity contribution in [2.45, 2.75) is 68.4 Å². The van der Waals surface area contributed by atoms with Gasteiger partial charge in [0.1, 0.15) is 0 Å². The molecule has 1 aromatic rings. The van der Waals surface area contributed by atoms with Crippen LogP contribution in [-0.4, -0.2) is 35.4 Å². The molecule has 0 aliphatic heterocycles. The van der Waals surface area contributed by atoms with Crippen LogP contribution in [0.2, 0.25) is 5.02 Å². The zero-order chi connectivity index (χ0) is 22.8. The van der Waals surface area contributed by atoms with Crippen molar-refractivity contribution in [3.63, 3.8) is 0 Å². The number of nitrogens with one attached hydrogen (secondary N) is 1. The Kier molecular flexibility index (Phi) is 5.48. The van der Waals surface area contributed by atoms with E-state index in [2.05, 4.69) is 4.72 Å². The monoisotopic (exact) mass is 470 g/mol. The van der Waals surface area contributed by atoms with Crippen LogP contribution in [0, 0.1) is 33.8 Å². The maximum atomic E-state index is 13.2. The van der Waals surface area contributed by atoms with Crippen molar-refractivity contribution in [1.82, 2.24) is 4.72 Å². The summed E-state index contributed by atoms with van der Waals surface area (Å²) in [5, 5.41) is 22.1. The molecule has 10 heteroatoms. The van der Waals surface area contributed by atoms with E-state index in [0.29, 0.717) is 18.8 Å². The Labute approximate surface area is 186 Å². The van der Waals surface area contributed by atoms with Gasteiger partial charge in [0, 0.05) is 17.5 Å². The van der Waals surface area contributed by atoms with Crippen LogP contribution >= 0.6 is 11.6 Å². The lowest BCUT2D eigenvalue weighted by molar-refractivity contribution is -0.387. The Morgan fingerprint density at radius 3 is 2.45 bits per heavy atom. The molecule has 4 fully saturated rings. The van der Waals surface area contributed by atoms with Crippen molar-refractivity contribution in [3.05, 3.63) is 33.3 Å². The third-order valence-electron chi connectivity index (χ3n) is 7.35. The van der Waals surface area contributed by atoms with Gasteiger partial charge >= 0.3 is 0 Å². The van der Waals surface area contributed by atoms with Gasteiger partial charge < -0.3 is 5.11 Å². The SMILES string of the molecule is CC(C)(NS(=O)(=O)c1ccc(Cl)cc1[N+](=O)[O-])C(=O)CC1C2CC3CC1CC(O)(C3)C2. The normalized spacial score (nSPS) is 32.3. The van der Waals surface area contributed by atoms with E-state index in [1.165, 1.54) is 19.9 Å². The molecule has 8 nitrogen and oxygen atoms in total. The summed E-state index contributed by atoms with van der Waals surface area (Å²) in [6.45, 7) is 2.97. The molecule has 0 aromatic heterocycles. The summed E-state index contributed by atoms with van der Waals surface area (Å²) >= 11 is 5.78. The molecule has 4 saturated carbocycles. The standard InChI is InChI=1S/C21H27ClN2O6S/c1-20(2,23-31(29,30)18-4-3-15(22)7-17(18)24(27)28)19(25)8-16-13-5-12-6-14(16)11-21(26,9-12)10-13/h3-4,7,12-14,16,23,26H,5-6,8-11H2,1-2H3. The minimum Gasteiger partial charge on any atom is -0.390 e. The molecule has 0 heterocycles. The van der Waals surface area contributed by atoms with Gasteiger partial charge in [-0.05, 0) is 81.8 Å². The molecule has 0 amide bonds. The molecule has 31 heavy (non-hydrogen) atoms. The maximum absolute atomic E-state index is 13.2. The van der Waals surface area contributed by atoms with E-state index in [0.717, 1.165) is 31.4 Å². The Morgan fingerprint density at radius 1 is 1.29 bits per heavy atom. The van der Waals surface area contributed by atoms with Crippen molar-refractivity contribution in [1.29, 1.82) is 0 Å². The number of hydrogen-bond acceptors (Lipinski definition) is 6. The summed E-state index contributed by atoms with van der Waals surface area (Å²) in [7, 11) is -4.34. The zero-order valence-corrected chi connectivity index (χ0v) is 19.1. The van der Waals surface area contributed by atoms with Gasteiger partial charge in [0.05, 0.1) is 16.1 Å². The number of ketones is 1. The fraction of sp³-hybridized carbons (Fsp3) is 0.667. The second-order valence-corrected chi connectivity index (χ2v) is 12.2. The molecule has 5 rings (SSSR count). The van der Waals surface area contributed by atoms with E-state index in [9.17, 15) is 28.4 Å². The Balaban J connectivity index is 1.51. The molecule has 4 bridgehead atoms. The van der Waals surface area contributed by atoms with Crippen LogP contribution in [0.25, 0.3) is 0 Å². The molecule has 0 spiro atoms. The average molecular weight is 471 g/mol. The molecule has 2 N–H and O–H groups in total. The van der Waals surface area contributed by atoms with Gasteiger partial charge in [-0.25, -0.2) is 8.42 Å². The van der Waals surface area contributed by atoms with Crippen molar-refractivity contribution >= 4 is 33.1 Å². The molecule has 2 atom stereocenters. The van der Waals surface area contributed by atoms with Crippen molar-refractivity contribution in [3.8, 4) is 0 Å². The van der Waals surface area contributed by atoms with E-state index < -0.39 is 36.7 Å². The third kappa shape index (κ3) is 4.25. The van der Waals surface area contributed by atoms with Crippen LogP contribution in [0.3, 0.4) is 0 Å². The van der Waals surface area contributed by atoms with Crippen LogP contribution < -0.4 is 4.72 Å². The summed E-state index contributed by atoms with van der Waals surface area (Å²) in [5.74, 6) is 0.968. The van der Waals surface area contributed by atoms with Gasteiger partial charge in [-0.3, -0.25) is 14.9 Å². The lowest BCUT2D eigenvalue weighted by atomic mass is 9.49. The van der Waals surface area contributed by atoms with E-state index >= 15 is 0 Å². The molecule has 4 aliphatic rings. The number of halogens is 1. The van der Waals surface area contributed by atoms with Gasteiger partial charge in [-0.2, -0.15) is 4.72 Å². The molecule has 1 aromatic carbocycles. The van der Waals surface area contributed by atoms with Crippen LogP contribution in [0.5, 0.6) is 0 Å². The molecular weight excluding hydrogens is 444 g/mol. The van der Waals surface area contributed by atoms with Crippen molar-refractivity contribution in [2.24, 2.45) is 23.7 Å². The lowest BCUT2D eigenvalue weighted by Gasteiger charge is -2.58. The van der Waals surface area contributed by atoms with Crippen LogP contribution in [0.1, 0.15) is 52.4 Å². The number of carbonyl (C=O) groups excluding carboxylic acids is 1. The number of rotatable bonds is 7. The number of carbonyl (C=O) groups is 1. The second-order valence-electron chi connectivity index (χ2n) is 10.1. The summed E-state index contributed by atoms with van der Waals surface area (Å²) in [4.78, 5) is 23.2. The molecule has 2 unspecified atom stereocenters. The number of nitro benzene ring substituents is 1. The second kappa shape index (κ2) is 7.50. The number of hydrogen-bond donors (Lipinski definition) is 2. The van der Waals surface area contributed by atoms with Crippen LogP contribution in [0.4, 0.5) is 5.69 Å². The van der Waals surface area contributed by atoms with E-state index in [1.54, 1.807) is 0 Å². The van der Waals surface area contributed by atoms with E-state index in [1.807, 2.05) is 0 Å². The highest BCUT2D eigenvalue weighted by Gasteiger charge is 2.55. The smallest absolute Gasteiger partial charge is 0.290 e. The number of aliphatic hydroxyl groups is 1. The fourth-order valence-corrected chi connectivity index (χ4v) is 7.92. The third-order valence-corrected chi connectivity index (χ3v) is 9.29. The van der Waals surface area contributed by atoms with Gasteiger partial charge in [0.25, 0.3) is 5.69 Å². The van der Waals surface area contributed by atoms with Gasteiger partial charge in [0.2, 0.25) is 10.0 Å². The summed E-state index contributed by atoms with van der Waals surface area (Å²) in [6.07, 6.45) is 4.53. The Hall–Kier alpha value is -1.55. The van der Waals surface area contributed by atoms with Crippen LogP contribution in [0.15, 0.2) is 23.1 Å². The number of sulfonamides is 1.